The van der Waals surface area contributed by atoms with Gasteiger partial charge in [-0.25, -0.2) is 0 Å². The molecule has 0 saturated heterocycles. The molecule has 1 rings (SSSR count). The molecule has 0 aliphatic carbocycles. The number of hydrogen-bond donors (Lipinski definition) is 2. The van der Waals surface area contributed by atoms with Crippen LogP contribution in [0.1, 0.15) is 17.7 Å². The van der Waals surface area contributed by atoms with E-state index in [-0.39, 0.29) is 5.91 Å². The Bertz CT molecular complexity index is 373. The number of pyridine rings is 1. The third-order valence-corrected chi connectivity index (χ3v) is 2.57. The van der Waals surface area contributed by atoms with E-state index in [2.05, 4.69) is 10.3 Å². The minimum absolute atomic E-state index is 0.207. The van der Waals surface area contributed by atoms with Crippen LogP contribution in [0.5, 0.6) is 0 Å². The van der Waals surface area contributed by atoms with Crippen molar-refractivity contribution in [1.29, 1.82) is 0 Å². The Hall–Kier alpha value is -1.46. The van der Waals surface area contributed by atoms with E-state index < -0.39 is 6.04 Å². The van der Waals surface area contributed by atoms with Gasteiger partial charge in [-0.05, 0) is 31.9 Å². The fourth-order valence-electron chi connectivity index (χ4n) is 1.47. The molecule has 0 radical (unpaired) electrons. The minimum atomic E-state index is -0.561. The normalized spacial score (nSPS) is 12.2. The number of aryl methyl sites for hydroxylation is 2. The van der Waals surface area contributed by atoms with Crippen LogP contribution in [-0.4, -0.2) is 30.6 Å². The number of methoxy groups -OCH3 is 1. The third-order valence-electron chi connectivity index (χ3n) is 2.57. The zero-order valence-corrected chi connectivity index (χ0v) is 10.5. The van der Waals surface area contributed by atoms with Crippen LogP contribution in [0.3, 0.4) is 0 Å². The highest BCUT2D eigenvalue weighted by Crippen LogP contribution is 2.17. The first-order valence-corrected chi connectivity index (χ1v) is 5.54. The van der Waals surface area contributed by atoms with E-state index in [1.54, 1.807) is 13.3 Å². The number of carbonyl (C=O) groups excluding carboxylic acids is 1. The van der Waals surface area contributed by atoms with Crippen molar-refractivity contribution in [2.45, 2.75) is 26.3 Å². The summed E-state index contributed by atoms with van der Waals surface area (Å²) in [6.07, 6.45) is 2.21. The molecule has 17 heavy (non-hydrogen) atoms. The van der Waals surface area contributed by atoms with Crippen molar-refractivity contribution >= 4 is 11.6 Å². The average molecular weight is 237 g/mol. The van der Waals surface area contributed by atoms with Gasteiger partial charge in [0, 0.05) is 19.9 Å². The van der Waals surface area contributed by atoms with Crippen LogP contribution in [0.4, 0.5) is 5.69 Å². The molecule has 3 N–H and O–H groups in total. The highest BCUT2D eigenvalue weighted by Gasteiger charge is 2.15. The van der Waals surface area contributed by atoms with E-state index in [4.69, 9.17) is 10.5 Å². The molecule has 0 bridgehead atoms. The number of carbonyl (C=O) groups is 1. The van der Waals surface area contributed by atoms with Gasteiger partial charge in [0.25, 0.3) is 0 Å². The van der Waals surface area contributed by atoms with Crippen molar-refractivity contribution in [3.05, 3.63) is 23.5 Å². The topological polar surface area (TPSA) is 77.2 Å². The molecule has 0 saturated carbocycles. The van der Waals surface area contributed by atoms with Gasteiger partial charge < -0.3 is 15.8 Å². The van der Waals surface area contributed by atoms with Crippen molar-refractivity contribution in [1.82, 2.24) is 4.98 Å². The molecule has 1 atom stereocenters. The lowest BCUT2D eigenvalue weighted by atomic mass is 10.1. The lowest BCUT2D eigenvalue weighted by Gasteiger charge is -2.14. The highest BCUT2D eigenvalue weighted by molar-refractivity contribution is 5.95. The maximum atomic E-state index is 11.8. The fourth-order valence-corrected chi connectivity index (χ4v) is 1.47. The minimum Gasteiger partial charge on any atom is -0.385 e. The van der Waals surface area contributed by atoms with Crippen LogP contribution >= 0.6 is 0 Å². The number of aromatic nitrogens is 1. The van der Waals surface area contributed by atoms with E-state index in [9.17, 15) is 4.79 Å². The molecule has 0 aliphatic rings. The largest absolute Gasteiger partial charge is 0.385 e. The van der Waals surface area contributed by atoms with E-state index in [1.807, 2.05) is 19.9 Å². The summed E-state index contributed by atoms with van der Waals surface area (Å²) in [5, 5.41) is 2.81. The second kappa shape index (κ2) is 6.32. The molecule has 1 amide bonds. The average Bonchev–Trinajstić information content (AvgIpc) is 2.30. The predicted molar refractivity (Wildman–Crippen MR) is 66.8 cm³/mol. The Labute approximate surface area is 101 Å². The summed E-state index contributed by atoms with van der Waals surface area (Å²) in [5.41, 5.74) is 8.25. The second-order valence-corrected chi connectivity index (χ2v) is 3.97. The number of nitrogens with one attached hydrogen (secondary N) is 1. The summed E-state index contributed by atoms with van der Waals surface area (Å²) in [6.45, 7) is 4.24. The molecule has 0 spiro atoms. The Morgan fingerprint density at radius 2 is 2.29 bits per heavy atom. The Morgan fingerprint density at radius 3 is 2.88 bits per heavy atom. The number of nitrogens with zero attached hydrogens (tertiary/aromatic N) is 1. The van der Waals surface area contributed by atoms with Gasteiger partial charge in [0.2, 0.25) is 5.91 Å². The lowest BCUT2D eigenvalue weighted by molar-refractivity contribution is -0.117. The molecule has 94 valence electrons. The smallest absolute Gasteiger partial charge is 0.241 e. The molecule has 1 aromatic heterocycles. The predicted octanol–water partition coefficient (Wildman–Crippen LogP) is 1.00. The molecular formula is C12H19N3O2. The van der Waals surface area contributed by atoms with Gasteiger partial charge >= 0.3 is 0 Å². The molecule has 0 aliphatic heterocycles. The summed E-state index contributed by atoms with van der Waals surface area (Å²) >= 11 is 0. The first kappa shape index (κ1) is 13.6. The maximum Gasteiger partial charge on any atom is 0.241 e. The van der Waals surface area contributed by atoms with Crippen LogP contribution in [-0.2, 0) is 9.53 Å². The van der Waals surface area contributed by atoms with Crippen LogP contribution in [0.2, 0.25) is 0 Å². The van der Waals surface area contributed by atoms with Crippen LogP contribution in [0.15, 0.2) is 12.3 Å². The van der Waals surface area contributed by atoms with Gasteiger partial charge in [-0.2, -0.15) is 0 Å². The number of ether oxygens (including phenoxy) is 1. The summed E-state index contributed by atoms with van der Waals surface area (Å²) in [4.78, 5) is 15.9. The number of nitrogens with two attached hydrogens (primary N) is 1. The molecule has 5 nitrogen and oxygen atoms in total. The SMILES string of the molecule is COCCC(N)C(=O)Nc1c(C)ccnc1C. The molecule has 1 unspecified atom stereocenters. The monoisotopic (exact) mass is 237 g/mol. The van der Waals surface area contributed by atoms with Crippen molar-refractivity contribution in [2.75, 3.05) is 19.0 Å². The van der Waals surface area contributed by atoms with E-state index >= 15 is 0 Å². The number of anilines is 1. The molecular weight excluding hydrogens is 218 g/mol. The van der Waals surface area contributed by atoms with Crippen LogP contribution in [0, 0.1) is 13.8 Å². The zero-order chi connectivity index (χ0) is 12.8. The van der Waals surface area contributed by atoms with Gasteiger partial charge in [-0.15, -0.1) is 0 Å². The number of rotatable bonds is 5. The Balaban J connectivity index is 2.68. The van der Waals surface area contributed by atoms with Gasteiger partial charge in [0.15, 0.2) is 0 Å². The first-order valence-electron chi connectivity index (χ1n) is 5.54. The second-order valence-electron chi connectivity index (χ2n) is 3.97. The quantitative estimate of drug-likeness (QED) is 0.801. The van der Waals surface area contributed by atoms with Crippen LogP contribution < -0.4 is 11.1 Å². The highest BCUT2D eigenvalue weighted by atomic mass is 16.5. The summed E-state index contributed by atoms with van der Waals surface area (Å²) in [6, 6.07) is 1.29. The van der Waals surface area contributed by atoms with Crippen molar-refractivity contribution < 1.29 is 9.53 Å². The fraction of sp³-hybridized carbons (Fsp3) is 0.500. The molecule has 0 fully saturated rings. The Kier molecular flexibility index (Phi) is 5.06. The van der Waals surface area contributed by atoms with Gasteiger partial charge in [-0.3, -0.25) is 9.78 Å². The first-order chi connectivity index (χ1) is 8.06. The molecule has 5 heteroatoms. The van der Waals surface area contributed by atoms with E-state index in [0.717, 1.165) is 16.9 Å². The number of hydrogen-bond acceptors (Lipinski definition) is 4. The maximum absolute atomic E-state index is 11.8. The lowest BCUT2D eigenvalue weighted by Crippen LogP contribution is -2.36. The molecule has 0 aromatic carbocycles. The summed E-state index contributed by atoms with van der Waals surface area (Å²) < 4.78 is 4.89. The van der Waals surface area contributed by atoms with Gasteiger partial charge in [0.05, 0.1) is 17.4 Å². The van der Waals surface area contributed by atoms with Crippen molar-refractivity contribution in [2.24, 2.45) is 5.73 Å². The van der Waals surface area contributed by atoms with Crippen molar-refractivity contribution in [3.8, 4) is 0 Å². The summed E-state index contributed by atoms with van der Waals surface area (Å²) in [7, 11) is 1.58. The standard InChI is InChI=1S/C12H19N3O2/c1-8-4-6-14-9(2)11(8)15-12(16)10(13)5-7-17-3/h4,6,10H,5,7,13H2,1-3H3,(H,15,16). The van der Waals surface area contributed by atoms with E-state index in [0.29, 0.717) is 13.0 Å². The van der Waals surface area contributed by atoms with Gasteiger partial charge in [0.1, 0.15) is 0 Å². The Morgan fingerprint density at radius 1 is 1.59 bits per heavy atom. The van der Waals surface area contributed by atoms with E-state index in [1.165, 1.54) is 0 Å². The zero-order valence-electron chi connectivity index (χ0n) is 10.5. The van der Waals surface area contributed by atoms with Gasteiger partial charge in [-0.1, -0.05) is 0 Å². The van der Waals surface area contributed by atoms with Crippen LogP contribution in [0.25, 0.3) is 0 Å². The third kappa shape index (κ3) is 3.80. The van der Waals surface area contributed by atoms with Crippen molar-refractivity contribution in [3.63, 3.8) is 0 Å². The summed E-state index contributed by atoms with van der Waals surface area (Å²) in [5.74, 6) is -0.207. The molecule has 1 heterocycles. The molecule has 1 aromatic rings. The number of amides is 1.